The predicted octanol–water partition coefficient (Wildman–Crippen LogP) is 8.43. The first kappa shape index (κ1) is 27.0. The van der Waals surface area contributed by atoms with Crippen LogP contribution in [0.25, 0.3) is 22.3 Å². The van der Waals surface area contributed by atoms with Crippen molar-refractivity contribution in [1.29, 1.82) is 0 Å². The predicted molar refractivity (Wildman–Crippen MR) is 140 cm³/mol. The van der Waals surface area contributed by atoms with Gasteiger partial charge in [0.15, 0.2) is 17.9 Å². The van der Waals surface area contributed by atoms with Crippen LogP contribution >= 0.6 is 0 Å². The number of unbranched alkanes of at least 4 members (excludes halogenated alkanes) is 2. The molecule has 0 N–H and O–H groups in total. The lowest BCUT2D eigenvalue weighted by molar-refractivity contribution is -0.190. The Balaban J connectivity index is 1.43. The molecule has 3 aromatic rings. The van der Waals surface area contributed by atoms with Crippen molar-refractivity contribution in [3.8, 4) is 28.0 Å². The van der Waals surface area contributed by atoms with Gasteiger partial charge in [0.1, 0.15) is 12.4 Å². The summed E-state index contributed by atoms with van der Waals surface area (Å²) in [6, 6.07) is 14.8. The van der Waals surface area contributed by atoms with E-state index >= 15 is 4.39 Å². The molecule has 0 bridgehead atoms. The van der Waals surface area contributed by atoms with E-state index in [2.05, 4.69) is 6.92 Å². The van der Waals surface area contributed by atoms with Gasteiger partial charge < -0.3 is 14.2 Å². The Morgan fingerprint density at radius 1 is 0.865 bits per heavy atom. The molecular formula is C31H33F3O3. The van der Waals surface area contributed by atoms with E-state index in [4.69, 9.17) is 14.2 Å². The fraction of sp³-hybridized carbons (Fsp3) is 0.355. The van der Waals surface area contributed by atoms with Crippen LogP contribution in [-0.2, 0) is 9.47 Å². The Kier molecular flexibility index (Phi) is 9.42. The maximum Gasteiger partial charge on any atom is 0.201 e. The van der Waals surface area contributed by atoms with Crippen LogP contribution in [0.1, 0.15) is 51.0 Å². The highest BCUT2D eigenvalue weighted by molar-refractivity contribution is 5.71. The van der Waals surface area contributed by atoms with Crippen LogP contribution in [0.3, 0.4) is 0 Å². The summed E-state index contributed by atoms with van der Waals surface area (Å²) in [6.45, 7) is 5.15. The minimum Gasteiger partial charge on any atom is -0.486 e. The van der Waals surface area contributed by atoms with Gasteiger partial charge in [0.25, 0.3) is 0 Å². The summed E-state index contributed by atoms with van der Waals surface area (Å²) in [6.07, 6.45) is 7.57. The largest absolute Gasteiger partial charge is 0.486 e. The average molecular weight is 511 g/mol. The highest BCUT2D eigenvalue weighted by Gasteiger charge is 2.24. The summed E-state index contributed by atoms with van der Waals surface area (Å²) in [7, 11) is 0. The van der Waals surface area contributed by atoms with Crippen LogP contribution in [0.2, 0.25) is 0 Å². The van der Waals surface area contributed by atoms with Crippen LogP contribution < -0.4 is 4.74 Å². The van der Waals surface area contributed by atoms with Gasteiger partial charge in [-0.2, -0.15) is 4.39 Å². The van der Waals surface area contributed by atoms with E-state index < -0.39 is 11.6 Å². The molecule has 1 aliphatic heterocycles. The number of halogens is 3. The second-order valence-electron chi connectivity index (χ2n) is 9.22. The molecule has 1 saturated heterocycles. The highest BCUT2D eigenvalue weighted by atomic mass is 19.2. The van der Waals surface area contributed by atoms with E-state index in [1.54, 1.807) is 42.5 Å². The average Bonchev–Trinajstić information content (AvgIpc) is 2.92. The number of hydrogen-bond acceptors (Lipinski definition) is 3. The van der Waals surface area contributed by atoms with Crippen molar-refractivity contribution in [3.63, 3.8) is 0 Å². The molecule has 1 aliphatic rings. The second-order valence-corrected chi connectivity index (χ2v) is 9.22. The molecule has 4 rings (SSSR count). The first-order valence-electron chi connectivity index (χ1n) is 12.9. The maximum absolute atomic E-state index is 15.1. The summed E-state index contributed by atoms with van der Waals surface area (Å²) >= 11 is 0. The topological polar surface area (TPSA) is 27.7 Å². The molecule has 37 heavy (non-hydrogen) atoms. The first-order valence-corrected chi connectivity index (χ1v) is 12.9. The molecule has 0 unspecified atom stereocenters. The van der Waals surface area contributed by atoms with E-state index in [0.29, 0.717) is 29.9 Å². The van der Waals surface area contributed by atoms with Gasteiger partial charge in [-0.25, -0.2) is 8.78 Å². The van der Waals surface area contributed by atoms with Crippen molar-refractivity contribution in [2.75, 3.05) is 19.8 Å². The van der Waals surface area contributed by atoms with Crippen molar-refractivity contribution in [1.82, 2.24) is 0 Å². The van der Waals surface area contributed by atoms with Gasteiger partial charge in [0.05, 0.1) is 13.2 Å². The number of rotatable bonds is 10. The summed E-state index contributed by atoms with van der Waals surface area (Å²) in [4.78, 5) is 0. The molecule has 0 radical (unpaired) electrons. The van der Waals surface area contributed by atoms with Crippen LogP contribution in [0.5, 0.6) is 5.75 Å². The molecule has 0 saturated carbocycles. The lowest BCUT2D eigenvalue weighted by Gasteiger charge is -2.30. The Morgan fingerprint density at radius 2 is 1.54 bits per heavy atom. The molecule has 3 nitrogen and oxygen atoms in total. The van der Waals surface area contributed by atoms with Crippen molar-refractivity contribution in [3.05, 3.63) is 89.8 Å². The maximum atomic E-state index is 15.1. The fourth-order valence-electron chi connectivity index (χ4n) is 4.41. The van der Waals surface area contributed by atoms with Gasteiger partial charge in [0.2, 0.25) is 5.82 Å². The van der Waals surface area contributed by atoms with Gasteiger partial charge in [-0.3, -0.25) is 0 Å². The molecule has 3 aromatic carbocycles. The number of benzene rings is 3. The zero-order chi connectivity index (χ0) is 26.2. The van der Waals surface area contributed by atoms with Crippen LogP contribution in [-0.4, -0.2) is 26.1 Å². The zero-order valence-electron chi connectivity index (χ0n) is 21.3. The van der Waals surface area contributed by atoms with E-state index in [0.717, 1.165) is 31.2 Å². The lowest BCUT2D eigenvalue weighted by atomic mass is 9.95. The van der Waals surface area contributed by atoms with E-state index in [1.807, 2.05) is 13.0 Å². The molecular weight excluding hydrogens is 477 g/mol. The molecule has 1 heterocycles. The second kappa shape index (κ2) is 12.9. The highest BCUT2D eigenvalue weighted by Crippen LogP contribution is 2.33. The van der Waals surface area contributed by atoms with Gasteiger partial charge in [-0.05, 0) is 54.7 Å². The zero-order valence-corrected chi connectivity index (χ0v) is 21.3. The molecule has 6 heteroatoms. The summed E-state index contributed by atoms with van der Waals surface area (Å²) in [5, 5.41) is 0. The molecule has 0 aromatic heterocycles. The van der Waals surface area contributed by atoms with Crippen LogP contribution in [0, 0.1) is 17.5 Å². The molecule has 1 fully saturated rings. The quantitative estimate of drug-likeness (QED) is 0.202. The van der Waals surface area contributed by atoms with Gasteiger partial charge in [-0.15, -0.1) is 0 Å². The molecule has 0 aliphatic carbocycles. The third kappa shape index (κ3) is 6.62. The Labute approximate surface area is 216 Å². The van der Waals surface area contributed by atoms with Crippen molar-refractivity contribution in [2.24, 2.45) is 0 Å². The third-order valence-corrected chi connectivity index (χ3v) is 6.60. The Hall–Kier alpha value is -3.09. The molecule has 0 amide bonds. The van der Waals surface area contributed by atoms with E-state index in [9.17, 15) is 8.78 Å². The van der Waals surface area contributed by atoms with Crippen molar-refractivity contribution < 1.29 is 27.4 Å². The normalized spacial score (nSPS) is 17.9. The van der Waals surface area contributed by atoms with Gasteiger partial charge >= 0.3 is 0 Å². The van der Waals surface area contributed by atoms with Crippen molar-refractivity contribution >= 4 is 0 Å². The van der Waals surface area contributed by atoms with E-state index in [-0.39, 0.29) is 35.9 Å². The minimum absolute atomic E-state index is 0.0174. The van der Waals surface area contributed by atoms with Crippen molar-refractivity contribution in [2.45, 2.75) is 51.7 Å². The third-order valence-electron chi connectivity index (χ3n) is 6.60. The SMILES string of the molecule is C/C=C/COc1ccc(-c2ccc(-c3ccc(C4COC(CCCCC)OC4)cc3F)cc2)c(F)c1F. The standard InChI is InChI=1S/C31H33F3O3/c1-3-5-7-8-29-36-19-24(20-37-29)23-13-14-25(27(32)18-23)21-9-11-22(12-10-21)26-15-16-28(31(34)30(26)33)35-17-6-4-2/h4,6,9-16,18,24,29H,3,5,7-8,17,19-20H2,1-2H3/b6-4+. The molecule has 0 atom stereocenters. The van der Waals surface area contributed by atoms with Gasteiger partial charge in [0, 0.05) is 17.0 Å². The van der Waals surface area contributed by atoms with E-state index in [1.165, 1.54) is 18.2 Å². The smallest absolute Gasteiger partial charge is 0.201 e. The molecule has 196 valence electrons. The number of hydrogen-bond donors (Lipinski definition) is 0. The Bertz CT molecular complexity index is 1200. The monoisotopic (exact) mass is 510 g/mol. The number of allylic oxidation sites excluding steroid dienone is 1. The fourth-order valence-corrected chi connectivity index (χ4v) is 4.41. The first-order chi connectivity index (χ1) is 18.0. The number of ether oxygens (including phenoxy) is 3. The summed E-state index contributed by atoms with van der Waals surface area (Å²) < 4.78 is 61.2. The summed E-state index contributed by atoms with van der Waals surface area (Å²) in [5.74, 6) is -2.52. The Morgan fingerprint density at radius 3 is 2.19 bits per heavy atom. The van der Waals surface area contributed by atoms with Crippen LogP contribution in [0.4, 0.5) is 13.2 Å². The summed E-state index contributed by atoms with van der Waals surface area (Å²) in [5.41, 5.74) is 2.52. The minimum atomic E-state index is -1.03. The van der Waals surface area contributed by atoms with Crippen LogP contribution in [0.15, 0.2) is 66.7 Å². The lowest BCUT2D eigenvalue weighted by Crippen LogP contribution is -2.30. The molecule has 0 spiro atoms. The van der Waals surface area contributed by atoms with Gasteiger partial charge in [-0.1, -0.05) is 68.3 Å².